The number of hydrogen-bond donors (Lipinski definition) is 2. The van der Waals surface area contributed by atoms with E-state index in [0.717, 1.165) is 55.6 Å². The van der Waals surface area contributed by atoms with Crippen molar-refractivity contribution in [3.8, 4) is 0 Å². The molecule has 222 valence electrons. The molecule has 4 amide bonds. The number of benzene rings is 2. The van der Waals surface area contributed by atoms with Crippen molar-refractivity contribution in [1.82, 2.24) is 10.2 Å². The summed E-state index contributed by atoms with van der Waals surface area (Å²) in [7, 11) is 0. The van der Waals surface area contributed by atoms with E-state index in [2.05, 4.69) is 10.6 Å². The van der Waals surface area contributed by atoms with Gasteiger partial charge in [0.25, 0.3) is 5.91 Å². The summed E-state index contributed by atoms with van der Waals surface area (Å²) < 4.78 is 0. The zero-order valence-electron chi connectivity index (χ0n) is 24.7. The standard InChI is InChI=1S/C34H43N5O3/c1-23-9-8-12-27(19-23)35-34(42)37-32-33(41)39(22-30(40)38-20-24-15-16-25(21-38)18-17-24)29-14-7-6-13-28(29)31(36-32)26-10-4-2-3-5-11-26/h6-9,12-14,19,24-26,32H,2-5,10-11,15-18,20-22H2,1H3,(H2,35,37,42). The van der Waals surface area contributed by atoms with Crippen LogP contribution in [0.15, 0.2) is 53.5 Å². The Morgan fingerprint density at radius 2 is 1.57 bits per heavy atom. The minimum atomic E-state index is -1.13. The molecule has 2 aromatic carbocycles. The Bertz CT molecular complexity index is 1330. The molecule has 2 N–H and O–H groups in total. The van der Waals surface area contributed by atoms with Crippen LogP contribution in [0.5, 0.6) is 0 Å². The van der Waals surface area contributed by atoms with E-state index in [-0.39, 0.29) is 24.3 Å². The van der Waals surface area contributed by atoms with Gasteiger partial charge in [0.15, 0.2) is 0 Å². The number of carbonyl (C=O) groups excluding carboxylic acids is 3. The molecule has 8 nitrogen and oxygen atoms in total. The molecule has 8 heteroatoms. The van der Waals surface area contributed by atoms with Gasteiger partial charge in [-0.15, -0.1) is 0 Å². The van der Waals surface area contributed by atoms with Crippen LogP contribution >= 0.6 is 0 Å². The quantitative estimate of drug-likeness (QED) is 0.439. The second kappa shape index (κ2) is 12.7. The Morgan fingerprint density at radius 1 is 0.881 bits per heavy atom. The van der Waals surface area contributed by atoms with Crippen LogP contribution in [0.3, 0.4) is 0 Å². The predicted octanol–water partition coefficient (Wildman–Crippen LogP) is 5.90. The fourth-order valence-corrected chi connectivity index (χ4v) is 7.34. The molecule has 4 fully saturated rings. The van der Waals surface area contributed by atoms with Crippen molar-refractivity contribution in [2.75, 3.05) is 29.9 Å². The maximum Gasteiger partial charge on any atom is 0.321 e. The Labute approximate surface area is 248 Å². The van der Waals surface area contributed by atoms with Gasteiger partial charge in [-0.2, -0.15) is 0 Å². The highest BCUT2D eigenvalue weighted by atomic mass is 16.2. The average Bonchev–Trinajstić information content (AvgIpc) is 3.49. The molecule has 2 saturated heterocycles. The van der Waals surface area contributed by atoms with Crippen molar-refractivity contribution in [2.24, 2.45) is 22.7 Å². The molecule has 0 aromatic heterocycles. The van der Waals surface area contributed by atoms with E-state index in [9.17, 15) is 14.4 Å². The van der Waals surface area contributed by atoms with Crippen LogP contribution in [0.1, 0.15) is 75.3 Å². The number of aryl methyl sites for hydroxylation is 1. The SMILES string of the molecule is Cc1cccc(NC(=O)NC2N=C(C3CCCCCC3)c3ccccc3N(CC(=O)N3CC4CCC(CC4)C3)C2=O)c1. The van der Waals surface area contributed by atoms with Gasteiger partial charge >= 0.3 is 6.03 Å². The summed E-state index contributed by atoms with van der Waals surface area (Å²) in [5.41, 5.74) is 4.14. The topological polar surface area (TPSA) is 94.1 Å². The summed E-state index contributed by atoms with van der Waals surface area (Å²) in [6.45, 7) is 3.44. The van der Waals surface area contributed by atoms with Crippen LogP contribution in [-0.4, -0.2) is 54.3 Å². The molecule has 1 atom stereocenters. The van der Waals surface area contributed by atoms with Gasteiger partial charge in [-0.05, 0) is 81.0 Å². The Balaban J connectivity index is 1.31. The molecule has 3 heterocycles. The summed E-state index contributed by atoms with van der Waals surface area (Å²) in [6.07, 6.45) is 10.2. The molecule has 1 unspecified atom stereocenters. The fourth-order valence-electron chi connectivity index (χ4n) is 7.34. The van der Waals surface area contributed by atoms with Gasteiger partial charge in [-0.25, -0.2) is 4.79 Å². The van der Waals surface area contributed by atoms with Crippen LogP contribution in [0.25, 0.3) is 0 Å². The van der Waals surface area contributed by atoms with Crippen molar-refractivity contribution in [3.05, 3.63) is 59.7 Å². The number of carbonyl (C=O) groups is 3. The number of para-hydroxylation sites is 1. The van der Waals surface area contributed by atoms with Gasteiger partial charge in [0.1, 0.15) is 6.54 Å². The number of urea groups is 1. The van der Waals surface area contributed by atoms with E-state index in [0.29, 0.717) is 23.2 Å². The Morgan fingerprint density at radius 3 is 2.26 bits per heavy atom. The van der Waals surface area contributed by atoms with Gasteiger partial charge < -0.3 is 15.5 Å². The second-order valence-corrected chi connectivity index (χ2v) is 12.7. The van der Waals surface area contributed by atoms with E-state index in [1.807, 2.05) is 60.4 Å². The highest BCUT2D eigenvalue weighted by molar-refractivity contribution is 6.15. The van der Waals surface area contributed by atoms with Crippen molar-refractivity contribution >= 4 is 34.9 Å². The number of amides is 4. The lowest BCUT2D eigenvalue weighted by Gasteiger charge is -2.29. The molecule has 5 aliphatic rings. The number of nitrogens with zero attached hydrogens (tertiary/aromatic N) is 3. The maximum absolute atomic E-state index is 14.3. The third-order valence-electron chi connectivity index (χ3n) is 9.59. The fraction of sp³-hybridized carbons (Fsp3) is 0.529. The molecule has 2 aliphatic carbocycles. The summed E-state index contributed by atoms with van der Waals surface area (Å²) in [4.78, 5) is 49.9. The molecule has 3 aliphatic heterocycles. The number of nitrogens with one attached hydrogen (secondary N) is 2. The molecule has 2 aromatic rings. The normalized spacial score (nSPS) is 24.6. The van der Waals surface area contributed by atoms with Crippen LogP contribution < -0.4 is 15.5 Å². The number of benzodiazepines with no additional fused rings is 1. The van der Waals surface area contributed by atoms with Crippen LogP contribution in [0, 0.1) is 24.7 Å². The lowest BCUT2D eigenvalue weighted by atomic mass is 9.84. The lowest BCUT2D eigenvalue weighted by molar-refractivity contribution is -0.132. The predicted molar refractivity (Wildman–Crippen MR) is 166 cm³/mol. The first kappa shape index (κ1) is 28.4. The number of aliphatic imine (C=N–C) groups is 1. The lowest BCUT2D eigenvalue weighted by Crippen LogP contribution is -2.52. The van der Waals surface area contributed by atoms with Crippen LogP contribution in [-0.2, 0) is 9.59 Å². The van der Waals surface area contributed by atoms with Crippen LogP contribution in [0.2, 0.25) is 0 Å². The van der Waals surface area contributed by atoms with Gasteiger partial charge in [-0.3, -0.25) is 19.5 Å². The monoisotopic (exact) mass is 569 g/mol. The average molecular weight is 570 g/mol. The molecule has 0 spiro atoms. The molecule has 2 saturated carbocycles. The first-order valence-electron chi connectivity index (χ1n) is 15.8. The van der Waals surface area contributed by atoms with E-state index >= 15 is 0 Å². The smallest absolute Gasteiger partial charge is 0.321 e. The van der Waals surface area contributed by atoms with Crippen molar-refractivity contribution in [2.45, 2.75) is 77.3 Å². The molecule has 7 rings (SSSR count). The molecule has 0 radical (unpaired) electrons. The summed E-state index contributed by atoms with van der Waals surface area (Å²) in [5, 5.41) is 5.72. The number of fused-ring (bicyclic) bond motifs is 5. The number of hydrogen-bond acceptors (Lipinski definition) is 4. The van der Waals surface area contributed by atoms with Crippen LogP contribution in [0.4, 0.5) is 16.2 Å². The highest BCUT2D eigenvalue weighted by Crippen LogP contribution is 2.36. The van der Waals surface area contributed by atoms with E-state index in [1.165, 1.54) is 38.5 Å². The molecular weight excluding hydrogens is 526 g/mol. The van der Waals surface area contributed by atoms with Gasteiger partial charge in [0.2, 0.25) is 12.1 Å². The minimum absolute atomic E-state index is 0.0298. The third-order valence-corrected chi connectivity index (χ3v) is 9.59. The first-order chi connectivity index (χ1) is 20.4. The first-order valence-corrected chi connectivity index (χ1v) is 15.8. The Kier molecular flexibility index (Phi) is 8.58. The maximum atomic E-state index is 14.3. The number of anilines is 2. The van der Waals surface area contributed by atoms with E-state index < -0.39 is 12.2 Å². The summed E-state index contributed by atoms with van der Waals surface area (Å²) >= 11 is 0. The molecule has 42 heavy (non-hydrogen) atoms. The zero-order valence-corrected chi connectivity index (χ0v) is 24.7. The largest absolute Gasteiger partial charge is 0.341 e. The Hall–Kier alpha value is -3.68. The molecule has 2 bridgehead atoms. The molecular formula is C34H43N5O3. The zero-order chi connectivity index (χ0) is 29.1. The van der Waals surface area contributed by atoms with Gasteiger partial charge in [0, 0.05) is 30.3 Å². The van der Waals surface area contributed by atoms with Gasteiger partial charge in [0.05, 0.1) is 11.4 Å². The highest BCUT2D eigenvalue weighted by Gasteiger charge is 2.38. The van der Waals surface area contributed by atoms with Crippen molar-refractivity contribution in [3.63, 3.8) is 0 Å². The van der Waals surface area contributed by atoms with Crippen molar-refractivity contribution < 1.29 is 14.4 Å². The van der Waals surface area contributed by atoms with Gasteiger partial charge in [-0.1, -0.05) is 56.0 Å². The van der Waals surface area contributed by atoms with Crippen molar-refractivity contribution in [1.29, 1.82) is 0 Å². The number of rotatable bonds is 5. The second-order valence-electron chi connectivity index (χ2n) is 12.7. The summed E-state index contributed by atoms with van der Waals surface area (Å²) in [6, 6.07) is 14.9. The van der Waals surface area contributed by atoms with E-state index in [1.54, 1.807) is 4.90 Å². The third kappa shape index (κ3) is 6.37. The minimum Gasteiger partial charge on any atom is -0.341 e. The van der Waals surface area contributed by atoms with E-state index in [4.69, 9.17) is 4.99 Å². The summed E-state index contributed by atoms with van der Waals surface area (Å²) in [5.74, 6) is 0.881.